The maximum absolute atomic E-state index is 13.9. The van der Waals surface area contributed by atoms with Crippen molar-refractivity contribution in [2.45, 2.75) is 70.0 Å². The van der Waals surface area contributed by atoms with Crippen molar-refractivity contribution in [1.82, 2.24) is 10.2 Å². The Balaban J connectivity index is 1.57. The van der Waals surface area contributed by atoms with Crippen LogP contribution >= 0.6 is 0 Å². The van der Waals surface area contributed by atoms with Crippen molar-refractivity contribution in [3.63, 3.8) is 0 Å². The summed E-state index contributed by atoms with van der Waals surface area (Å²) < 4.78 is 53.4. The number of benzene rings is 3. The van der Waals surface area contributed by atoms with Gasteiger partial charge in [-0.15, -0.1) is 0 Å². The quantitative estimate of drug-likeness (QED) is 0.273. The molecule has 1 atom stereocenters. The van der Waals surface area contributed by atoms with E-state index in [1.54, 1.807) is 4.90 Å². The molecule has 1 aliphatic carbocycles. The van der Waals surface area contributed by atoms with Crippen molar-refractivity contribution in [3.05, 3.63) is 102 Å². The van der Waals surface area contributed by atoms with Gasteiger partial charge in [0.15, 0.2) is 11.6 Å². The number of nitrogens with one attached hydrogen (secondary N) is 1. The van der Waals surface area contributed by atoms with Crippen molar-refractivity contribution >= 4 is 27.5 Å². The van der Waals surface area contributed by atoms with Crippen LogP contribution in [0.15, 0.2) is 78.9 Å². The highest BCUT2D eigenvalue weighted by Crippen LogP contribution is 2.23. The van der Waals surface area contributed by atoms with Gasteiger partial charge in [0.1, 0.15) is 6.04 Å². The predicted octanol–water partition coefficient (Wildman–Crippen LogP) is 5.60. The molecule has 230 valence electrons. The molecule has 3 aromatic carbocycles. The molecule has 1 saturated carbocycles. The molecule has 2 amide bonds. The third-order valence-corrected chi connectivity index (χ3v) is 8.96. The zero-order valence-electron chi connectivity index (χ0n) is 24.4. The fourth-order valence-corrected chi connectivity index (χ4v) is 6.48. The van der Waals surface area contributed by atoms with E-state index in [1.807, 2.05) is 60.7 Å². The molecular weight excluding hydrogens is 572 g/mol. The van der Waals surface area contributed by atoms with E-state index in [-0.39, 0.29) is 49.5 Å². The normalized spacial score (nSPS) is 14.6. The summed E-state index contributed by atoms with van der Waals surface area (Å²) in [5, 5.41) is 3.20. The minimum atomic E-state index is -3.85. The van der Waals surface area contributed by atoms with Crippen LogP contribution < -0.4 is 9.62 Å². The Kier molecular flexibility index (Phi) is 11.3. The van der Waals surface area contributed by atoms with Gasteiger partial charge in [-0.05, 0) is 42.5 Å². The largest absolute Gasteiger partial charge is 0.352 e. The lowest BCUT2D eigenvalue weighted by Crippen LogP contribution is -2.52. The van der Waals surface area contributed by atoms with Gasteiger partial charge in [0.2, 0.25) is 21.8 Å². The molecule has 0 aliphatic heterocycles. The van der Waals surface area contributed by atoms with Crippen LogP contribution in [0.4, 0.5) is 14.5 Å². The van der Waals surface area contributed by atoms with Crippen LogP contribution in [-0.4, -0.2) is 50.0 Å². The Bertz CT molecular complexity index is 1470. The highest BCUT2D eigenvalue weighted by atomic mass is 32.2. The molecule has 1 unspecified atom stereocenters. The summed E-state index contributed by atoms with van der Waals surface area (Å²) in [5.74, 6) is -2.76. The van der Waals surface area contributed by atoms with Crippen LogP contribution in [0.5, 0.6) is 0 Å². The van der Waals surface area contributed by atoms with Crippen LogP contribution in [0, 0.1) is 11.6 Å². The van der Waals surface area contributed by atoms with Gasteiger partial charge in [-0.25, -0.2) is 17.2 Å². The first-order valence-corrected chi connectivity index (χ1v) is 16.6. The summed E-state index contributed by atoms with van der Waals surface area (Å²) in [7, 11) is -3.85. The molecule has 3 aromatic rings. The molecular formula is C33H39F2N3O4S. The Morgan fingerprint density at radius 2 is 1.51 bits per heavy atom. The van der Waals surface area contributed by atoms with Crippen LogP contribution in [-0.2, 0) is 32.6 Å². The Hall–Kier alpha value is -3.79. The van der Waals surface area contributed by atoms with E-state index in [0.717, 1.165) is 65.9 Å². The number of anilines is 1. The molecule has 1 N–H and O–H groups in total. The molecule has 4 rings (SSSR count). The van der Waals surface area contributed by atoms with Crippen LogP contribution in [0.1, 0.15) is 56.1 Å². The van der Waals surface area contributed by atoms with E-state index >= 15 is 0 Å². The maximum Gasteiger partial charge on any atom is 0.243 e. The van der Waals surface area contributed by atoms with Gasteiger partial charge < -0.3 is 10.2 Å². The van der Waals surface area contributed by atoms with Crippen molar-refractivity contribution in [2.24, 2.45) is 0 Å². The number of carbonyl (C=O) groups excluding carboxylic acids is 2. The van der Waals surface area contributed by atoms with Crippen molar-refractivity contribution in [1.29, 1.82) is 0 Å². The summed E-state index contributed by atoms with van der Waals surface area (Å²) in [5.41, 5.74) is 1.75. The molecule has 43 heavy (non-hydrogen) atoms. The molecule has 0 aromatic heterocycles. The lowest BCUT2D eigenvalue weighted by atomic mass is 9.94. The van der Waals surface area contributed by atoms with Gasteiger partial charge in [-0.1, -0.05) is 79.9 Å². The summed E-state index contributed by atoms with van der Waals surface area (Å²) in [6, 6.07) is 21.1. The minimum Gasteiger partial charge on any atom is -0.352 e. The third-order valence-electron chi connectivity index (χ3n) is 7.76. The second-order valence-electron chi connectivity index (χ2n) is 11.1. The summed E-state index contributed by atoms with van der Waals surface area (Å²) in [6.45, 7) is 0.0840. The number of hydrogen-bond donors (Lipinski definition) is 1. The van der Waals surface area contributed by atoms with Gasteiger partial charge in [0.05, 0.1) is 11.9 Å². The number of rotatable bonds is 13. The topological polar surface area (TPSA) is 86.8 Å². The second kappa shape index (κ2) is 15.1. The molecule has 1 aliphatic rings. The van der Waals surface area contributed by atoms with E-state index < -0.39 is 27.7 Å². The maximum atomic E-state index is 13.9. The fourth-order valence-electron chi connectivity index (χ4n) is 5.52. The molecule has 7 nitrogen and oxygen atoms in total. The van der Waals surface area contributed by atoms with Gasteiger partial charge in [0, 0.05) is 38.0 Å². The summed E-state index contributed by atoms with van der Waals surface area (Å²) in [6.07, 6.45) is 6.41. The average molecular weight is 612 g/mol. The molecule has 0 spiro atoms. The van der Waals surface area contributed by atoms with E-state index in [2.05, 4.69) is 5.32 Å². The second-order valence-corrected chi connectivity index (χ2v) is 13.0. The van der Waals surface area contributed by atoms with Crippen molar-refractivity contribution < 1.29 is 26.8 Å². The monoisotopic (exact) mass is 611 g/mol. The Labute approximate surface area is 252 Å². The number of sulfonamides is 1. The zero-order valence-corrected chi connectivity index (χ0v) is 25.2. The number of carbonyl (C=O) groups is 2. The van der Waals surface area contributed by atoms with E-state index in [4.69, 9.17) is 0 Å². The van der Waals surface area contributed by atoms with Crippen LogP contribution in [0.2, 0.25) is 0 Å². The molecule has 0 heterocycles. The van der Waals surface area contributed by atoms with Crippen molar-refractivity contribution in [3.8, 4) is 0 Å². The molecule has 0 radical (unpaired) electrons. The lowest BCUT2D eigenvalue weighted by Gasteiger charge is -2.34. The molecule has 1 fully saturated rings. The number of amides is 2. The predicted molar refractivity (Wildman–Crippen MR) is 164 cm³/mol. The number of hydrogen-bond acceptors (Lipinski definition) is 4. The highest BCUT2D eigenvalue weighted by molar-refractivity contribution is 7.92. The average Bonchev–Trinajstić information content (AvgIpc) is 2.99. The van der Waals surface area contributed by atoms with Crippen LogP contribution in [0.3, 0.4) is 0 Å². The van der Waals surface area contributed by atoms with Gasteiger partial charge in [-0.2, -0.15) is 0 Å². The molecule has 0 bridgehead atoms. The summed E-state index contributed by atoms with van der Waals surface area (Å²) >= 11 is 0. The first-order valence-electron chi connectivity index (χ1n) is 14.7. The third kappa shape index (κ3) is 9.35. The lowest BCUT2D eigenvalue weighted by molar-refractivity contribution is -0.141. The van der Waals surface area contributed by atoms with Crippen LogP contribution in [0.25, 0.3) is 0 Å². The van der Waals surface area contributed by atoms with Gasteiger partial charge in [0.25, 0.3) is 0 Å². The molecule has 0 saturated heterocycles. The van der Waals surface area contributed by atoms with E-state index in [0.29, 0.717) is 6.42 Å². The van der Waals surface area contributed by atoms with E-state index in [9.17, 15) is 26.8 Å². The smallest absolute Gasteiger partial charge is 0.243 e. The zero-order chi connectivity index (χ0) is 30.8. The SMILES string of the molecule is CS(=O)(=O)N(CCCC(=O)N(Cc1ccccc1)C(Cc1ccccc1)C(=O)NC1CCCCC1)c1ccc(F)c(F)c1. The first kappa shape index (κ1) is 32.1. The van der Waals surface area contributed by atoms with E-state index in [1.165, 1.54) is 6.07 Å². The number of halogens is 2. The Morgan fingerprint density at radius 3 is 2.12 bits per heavy atom. The van der Waals surface area contributed by atoms with Gasteiger partial charge in [-0.3, -0.25) is 13.9 Å². The van der Waals surface area contributed by atoms with Crippen molar-refractivity contribution in [2.75, 3.05) is 17.1 Å². The molecule has 10 heteroatoms. The highest BCUT2D eigenvalue weighted by Gasteiger charge is 2.32. The minimum absolute atomic E-state index is 0.0243. The Morgan fingerprint density at radius 1 is 0.884 bits per heavy atom. The first-order chi connectivity index (χ1) is 20.6. The number of nitrogens with zero attached hydrogens (tertiary/aromatic N) is 2. The fraction of sp³-hybridized carbons (Fsp3) is 0.394. The summed E-state index contributed by atoms with van der Waals surface area (Å²) in [4.78, 5) is 29.3. The standard InChI is InChI=1S/C33H39F2N3O4S/c1-43(41,42)38(28-19-20-29(34)30(35)23-28)21-11-18-32(39)37(24-26-14-7-3-8-15-26)31(22-25-12-5-2-6-13-25)33(40)36-27-16-9-4-10-17-27/h2-3,5-8,12-15,19-20,23,27,31H,4,9-11,16-18,21-22,24H2,1H3,(H,36,40). The van der Waals surface area contributed by atoms with Gasteiger partial charge >= 0.3 is 0 Å².